The van der Waals surface area contributed by atoms with Crippen LogP contribution in [0.15, 0.2) is 144 Å². The Labute approximate surface area is 225 Å². The molecule has 37 heavy (non-hydrogen) atoms. The van der Waals surface area contributed by atoms with Gasteiger partial charge in [0.25, 0.3) is 0 Å². The molecular weight excluding hydrogens is 516 g/mol. The smallest absolute Gasteiger partial charge is 0.160 e. The molecule has 2 nitrogen and oxygen atoms in total. The van der Waals surface area contributed by atoms with E-state index in [1.807, 2.05) is 42.5 Å². The van der Waals surface area contributed by atoms with Gasteiger partial charge < -0.3 is 0 Å². The molecule has 0 unspecified atom stereocenters. The Balaban J connectivity index is 1.34. The first-order valence-electron chi connectivity index (χ1n) is 12.2. The Morgan fingerprint density at radius 3 is 1.27 bits per heavy atom. The average Bonchev–Trinajstić information content (AvgIpc) is 2.98. The van der Waals surface area contributed by atoms with E-state index in [0.717, 1.165) is 43.9 Å². The maximum Gasteiger partial charge on any atom is 0.160 e. The summed E-state index contributed by atoms with van der Waals surface area (Å²) in [5.74, 6) is 0.719. The minimum absolute atomic E-state index is 0.719. The first-order valence-corrected chi connectivity index (χ1v) is 13.0. The number of rotatable bonds is 5. The van der Waals surface area contributed by atoms with Crippen LogP contribution >= 0.6 is 15.9 Å². The third-order valence-electron chi connectivity index (χ3n) is 6.38. The van der Waals surface area contributed by atoms with Gasteiger partial charge in [0.2, 0.25) is 0 Å². The van der Waals surface area contributed by atoms with Crippen LogP contribution in [-0.4, -0.2) is 9.97 Å². The predicted molar refractivity (Wildman–Crippen MR) is 157 cm³/mol. The summed E-state index contributed by atoms with van der Waals surface area (Å²) in [6, 6.07) is 48.2. The standard InChI is InChI=1S/C34H23BrN2/c35-31-13-7-12-30(22-31)26-16-14-24(15-17-26)25-18-20-29(21-19-25)34-36-32(27-8-3-1-4-9-27)23-33(37-34)28-10-5-2-6-11-28/h1-23H. The summed E-state index contributed by atoms with van der Waals surface area (Å²) in [6.45, 7) is 0. The van der Waals surface area contributed by atoms with E-state index < -0.39 is 0 Å². The minimum Gasteiger partial charge on any atom is -0.228 e. The van der Waals surface area contributed by atoms with E-state index in [1.54, 1.807) is 0 Å². The molecule has 0 radical (unpaired) electrons. The Bertz CT molecular complexity index is 1590. The lowest BCUT2D eigenvalue weighted by Crippen LogP contribution is -1.95. The first-order chi connectivity index (χ1) is 18.2. The molecule has 0 spiro atoms. The maximum atomic E-state index is 4.94. The lowest BCUT2D eigenvalue weighted by Gasteiger charge is -2.10. The largest absolute Gasteiger partial charge is 0.228 e. The van der Waals surface area contributed by atoms with Crippen molar-refractivity contribution in [1.29, 1.82) is 0 Å². The van der Waals surface area contributed by atoms with Crippen LogP contribution in [0.4, 0.5) is 0 Å². The molecule has 6 rings (SSSR count). The average molecular weight is 539 g/mol. The number of hydrogen-bond acceptors (Lipinski definition) is 2. The lowest BCUT2D eigenvalue weighted by atomic mass is 9.99. The van der Waals surface area contributed by atoms with Crippen LogP contribution < -0.4 is 0 Å². The van der Waals surface area contributed by atoms with Gasteiger partial charge in [-0.1, -0.05) is 137 Å². The summed E-state index contributed by atoms with van der Waals surface area (Å²) >= 11 is 3.56. The van der Waals surface area contributed by atoms with E-state index in [-0.39, 0.29) is 0 Å². The van der Waals surface area contributed by atoms with Crippen molar-refractivity contribution in [2.24, 2.45) is 0 Å². The van der Waals surface area contributed by atoms with Crippen LogP contribution in [0.25, 0.3) is 56.2 Å². The number of nitrogens with zero attached hydrogens (tertiary/aromatic N) is 2. The van der Waals surface area contributed by atoms with Crippen molar-refractivity contribution < 1.29 is 0 Å². The fraction of sp³-hybridized carbons (Fsp3) is 0. The van der Waals surface area contributed by atoms with Crippen LogP contribution in [0.2, 0.25) is 0 Å². The van der Waals surface area contributed by atoms with Crippen LogP contribution in [0.3, 0.4) is 0 Å². The minimum atomic E-state index is 0.719. The molecule has 0 N–H and O–H groups in total. The van der Waals surface area contributed by atoms with Crippen molar-refractivity contribution in [3.63, 3.8) is 0 Å². The van der Waals surface area contributed by atoms with Gasteiger partial charge in [-0.3, -0.25) is 0 Å². The first kappa shape index (κ1) is 23.1. The topological polar surface area (TPSA) is 25.8 Å². The molecule has 0 aliphatic heterocycles. The summed E-state index contributed by atoms with van der Waals surface area (Å²) in [7, 11) is 0. The number of aromatic nitrogens is 2. The fourth-order valence-electron chi connectivity index (χ4n) is 4.42. The van der Waals surface area contributed by atoms with Crippen LogP contribution in [0.1, 0.15) is 0 Å². The van der Waals surface area contributed by atoms with E-state index in [4.69, 9.17) is 9.97 Å². The van der Waals surface area contributed by atoms with Crippen molar-refractivity contribution in [3.05, 3.63) is 144 Å². The summed E-state index contributed by atoms with van der Waals surface area (Å²) < 4.78 is 1.08. The Morgan fingerprint density at radius 2 is 0.784 bits per heavy atom. The van der Waals surface area contributed by atoms with Gasteiger partial charge >= 0.3 is 0 Å². The van der Waals surface area contributed by atoms with E-state index in [9.17, 15) is 0 Å². The molecule has 0 saturated carbocycles. The zero-order chi connectivity index (χ0) is 25.0. The molecule has 0 aliphatic rings. The van der Waals surface area contributed by atoms with Gasteiger partial charge in [0.1, 0.15) is 0 Å². The fourth-order valence-corrected chi connectivity index (χ4v) is 4.82. The SMILES string of the molecule is Brc1cccc(-c2ccc(-c3ccc(-c4nc(-c5ccccc5)cc(-c5ccccc5)n4)cc3)cc2)c1. The Morgan fingerprint density at radius 1 is 0.351 bits per heavy atom. The molecule has 0 saturated heterocycles. The van der Waals surface area contributed by atoms with Gasteiger partial charge in [-0.15, -0.1) is 0 Å². The third kappa shape index (κ3) is 5.13. The molecule has 6 aromatic rings. The molecular formula is C34H23BrN2. The van der Waals surface area contributed by atoms with Gasteiger partial charge in [-0.2, -0.15) is 0 Å². The maximum absolute atomic E-state index is 4.94. The molecule has 3 heteroatoms. The molecule has 1 heterocycles. The second-order valence-corrected chi connectivity index (χ2v) is 9.77. The van der Waals surface area contributed by atoms with Gasteiger partial charge in [0, 0.05) is 21.2 Å². The highest BCUT2D eigenvalue weighted by Gasteiger charge is 2.11. The van der Waals surface area contributed by atoms with Crippen LogP contribution in [0, 0.1) is 0 Å². The highest BCUT2D eigenvalue weighted by molar-refractivity contribution is 9.10. The Kier molecular flexibility index (Phi) is 6.45. The summed E-state index contributed by atoms with van der Waals surface area (Å²) in [6.07, 6.45) is 0. The van der Waals surface area contributed by atoms with Crippen LogP contribution in [-0.2, 0) is 0 Å². The van der Waals surface area contributed by atoms with Crippen LogP contribution in [0.5, 0.6) is 0 Å². The molecule has 0 amide bonds. The van der Waals surface area contributed by atoms with E-state index in [1.165, 1.54) is 16.7 Å². The monoisotopic (exact) mass is 538 g/mol. The second kappa shape index (κ2) is 10.3. The van der Waals surface area contributed by atoms with E-state index >= 15 is 0 Å². The van der Waals surface area contributed by atoms with E-state index in [0.29, 0.717) is 0 Å². The summed E-state index contributed by atoms with van der Waals surface area (Å²) in [5.41, 5.74) is 9.69. The van der Waals surface area contributed by atoms with Crippen molar-refractivity contribution >= 4 is 15.9 Å². The quantitative estimate of drug-likeness (QED) is 0.218. The molecule has 0 bridgehead atoms. The lowest BCUT2D eigenvalue weighted by molar-refractivity contribution is 1.18. The molecule has 1 aromatic heterocycles. The van der Waals surface area contributed by atoms with Crippen molar-refractivity contribution in [2.45, 2.75) is 0 Å². The van der Waals surface area contributed by atoms with Gasteiger partial charge in [-0.05, 0) is 40.5 Å². The zero-order valence-corrected chi connectivity index (χ0v) is 21.6. The number of halogens is 1. The molecule has 0 aliphatic carbocycles. The van der Waals surface area contributed by atoms with Crippen molar-refractivity contribution in [2.75, 3.05) is 0 Å². The Hall–Kier alpha value is -4.34. The molecule has 176 valence electrons. The van der Waals surface area contributed by atoms with Gasteiger partial charge in [-0.25, -0.2) is 9.97 Å². The second-order valence-electron chi connectivity index (χ2n) is 8.86. The molecule has 0 atom stereocenters. The van der Waals surface area contributed by atoms with Crippen molar-refractivity contribution in [3.8, 4) is 56.2 Å². The summed E-state index contributed by atoms with van der Waals surface area (Å²) in [5, 5.41) is 0. The third-order valence-corrected chi connectivity index (χ3v) is 6.88. The number of benzene rings is 5. The number of hydrogen-bond donors (Lipinski definition) is 0. The van der Waals surface area contributed by atoms with E-state index in [2.05, 4.69) is 113 Å². The predicted octanol–water partition coefficient (Wildman–Crippen LogP) is 9.57. The molecule has 5 aromatic carbocycles. The zero-order valence-electron chi connectivity index (χ0n) is 20.1. The highest BCUT2D eigenvalue weighted by atomic mass is 79.9. The normalized spacial score (nSPS) is 10.8. The summed E-state index contributed by atoms with van der Waals surface area (Å²) in [4.78, 5) is 9.88. The van der Waals surface area contributed by atoms with Gasteiger partial charge in [0.05, 0.1) is 11.4 Å². The van der Waals surface area contributed by atoms with Crippen molar-refractivity contribution in [1.82, 2.24) is 9.97 Å². The highest BCUT2D eigenvalue weighted by Crippen LogP contribution is 2.30. The van der Waals surface area contributed by atoms with Gasteiger partial charge in [0.15, 0.2) is 5.82 Å². The molecule has 0 fully saturated rings.